The van der Waals surface area contributed by atoms with Gasteiger partial charge in [0.2, 0.25) is 0 Å². The summed E-state index contributed by atoms with van der Waals surface area (Å²) in [5.41, 5.74) is 1.70. The quantitative estimate of drug-likeness (QED) is 0.627. The van der Waals surface area contributed by atoms with Crippen molar-refractivity contribution < 1.29 is 4.79 Å². The molecule has 0 saturated carbocycles. The van der Waals surface area contributed by atoms with Crippen LogP contribution in [0.4, 0.5) is 0 Å². The van der Waals surface area contributed by atoms with Gasteiger partial charge in [-0.05, 0) is 41.9 Å². The van der Waals surface area contributed by atoms with Crippen LogP contribution in [0.2, 0.25) is 0 Å². The minimum Gasteiger partial charge on any atom is -0.362 e. The Kier molecular flexibility index (Phi) is 6.65. The van der Waals surface area contributed by atoms with Crippen molar-refractivity contribution in [1.82, 2.24) is 15.0 Å². The summed E-state index contributed by atoms with van der Waals surface area (Å²) in [6, 6.07) is 11.0. The summed E-state index contributed by atoms with van der Waals surface area (Å²) in [4.78, 5) is 11.8. The number of thiocarbonyl (C=S) groups is 1. The molecule has 0 spiro atoms. The van der Waals surface area contributed by atoms with Crippen LogP contribution in [0, 0.1) is 0 Å². The van der Waals surface area contributed by atoms with Gasteiger partial charge in [0.1, 0.15) is 0 Å². The number of nitrogens with one attached hydrogen (secondary N) is 2. The van der Waals surface area contributed by atoms with Gasteiger partial charge in [0, 0.05) is 29.0 Å². The molecular weight excluding hydrogens is 322 g/mol. The van der Waals surface area contributed by atoms with E-state index in [0.717, 1.165) is 17.2 Å². The van der Waals surface area contributed by atoms with Crippen LogP contribution in [-0.2, 0) is 5.75 Å². The maximum Gasteiger partial charge on any atom is 0.257 e. The molecule has 1 aromatic heterocycles. The van der Waals surface area contributed by atoms with E-state index >= 15 is 0 Å². The fourth-order valence-electron chi connectivity index (χ4n) is 1.53. The molecule has 2 rings (SSSR count). The van der Waals surface area contributed by atoms with Crippen LogP contribution in [0.1, 0.15) is 16.1 Å². The summed E-state index contributed by atoms with van der Waals surface area (Å²) >= 11 is 8.34. The van der Waals surface area contributed by atoms with E-state index in [-0.39, 0.29) is 5.91 Å². The van der Waals surface area contributed by atoms with Gasteiger partial charge in [0.15, 0.2) is 5.11 Å². The lowest BCUT2D eigenvalue weighted by Crippen LogP contribution is -2.40. The molecule has 2 aromatic rings. The Morgan fingerprint density at radius 3 is 2.81 bits per heavy atom. The Morgan fingerprint density at radius 2 is 2.10 bits per heavy atom. The van der Waals surface area contributed by atoms with Gasteiger partial charge in [0.25, 0.3) is 5.91 Å². The highest BCUT2D eigenvalue weighted by molar-refractivity contribution is 7.98. The first-order valence-electron chi connectivity index (χ1n) is 6.37. The minimum atomic E-state index is -0.191. The second kappa shape index (κ2) is 8.76. The minimum absolute atomic E-state index is 0.191. The van der Waals surface area contributed by atoms with Gasteiger partial charge in [-0.2, -0.15) is 16.1 Å². The highest BCUT2D eigenvalue weighted by atomic mass is 32.2. The Morgan fingerprint density at radius 1 is 1.29 bits per heavy atom. The average Bonchev–Trinajstić information content (AvgIpc) is 3.01. The standard InChI is InChI=1S/C14H15N3OS3/c18-13(11-4-2-1-3-5-11)16-14(19)15-7-9-20-10-12-6-8-21-17-12/h1-6,8H,7,9-10H2,(H2,15,16,18,19). The predicted octanol–water partition coefficient (Wildman–Crippen LogP) is 2.68. The van der Waals surface area contributed by atoms with E-state index in [9.17, 15) is 4.79 Å². The molecule has 1 heterocycles. The van der Waals surface area contributed by atoms with Crippen molar-refractivity contribution in [1.29, 1.82) is 0 Å². The van der Waals surface area contributed by atoms with Gasteiger partial charge < -0.3 is 5.32 Å². The lowest BCUT2D eigenvalue weighted by Gasteiger charge is -2.09. The van der Waals surface area contributed by atoms with Crippen molar-refractivity contribution in [3.63, 3.8) is 0 Å². The lowest BCUT2D eigenvalue weighted by atomic mass is 10.2. The molecule has 110 valence electrons. The maximum atomic E-state index is 11.8. The highest BCUT2D eigenvalue weighted by Gasteiger charge is 2.06. The molecule has 2 N–H and O–H groups in total. The van der Waals surface area contributed by atoms with Crippen molar-refractivity contribution in [3.05, 3.63) is 53.0 Å². The third-order valence-corrected chi connectivity index (χ3v) is 4.37. The Labute approximate surface area is 137 Å². The number of aromatic nitrogens is 1. The normalized spacial score (nSPS) is 10.1. The van der Waals surface area contributed by atoms with Crippen LogP contribution >= 0.6 is 35.5 Å². The molecule has 4 nitrogen and oxygen atoms in total. The lowest BCUT2D eigenvalue weighted by molar-refractivity contribution is 0.0976. The van der Waals surface area contributed by atoms with Gasteiger partial charge in [0.05, 0.1) is 5.69 Å². The topological polar surface area (TPSA) is 54.0 Å². The maximum absolute atomic E-state index is 11.8. The fraction of sp³-hybridized carbons (Fsp3) is 0.214. The molecular formula is C14H15N3OS3. The smallest absolute Gasteiger partial charge is 0.257 e. The Bertz CT molecular complexity index is 572. The van der Waals surface area contributed by atoms with E-state index in [1.54, 1.807) is 23.9 Å². The first kappa shape index (κ1) is 15.9. The first-order valence-corrected chi connectivity index (χ1v) is 8.77. The number of hydrogen-bond donors (Lipinski definition) is 2. The molecule has 1 aromatic carbocycles. The van der Waals surface area contributed by atoms with Crippen molar-refractivity contribution in [2.75, 3.05) is 12.3 Å². The molecule has 0 atom stereocenters. The number of carbonyl (C=O) groups excluding carboxylic acids is 1. The molecule has 0 fully saturated rings. The molecule has 0 radical (unpaired) electrons. The average molecular weight is 337 g/mol. The highest BCUT2D eigenvalue weighted by Crippen LogP contribution is 2.10. The van der Waals surface area contributed by atoms with Crippen LogP contribution in [0.3, 0.4) is 0 Å². The second-order valence-corrected chi connectivity index (χ2v) is 6.30. The monoisotopic (exact) mass is 337 g/mol. The molecule has 0 aliphatic heterocycles. The van der Waals surface area contributed by atoms with Crippen LogP contribution in [0.5, 0.6) is 0 Å². The van der Waals surface area contributed by atoms with Gasteiger partial charge in [-0.1, -0.05) is 18.2 Å². The Balaban J connectivity index is 1.60. The SMILES string of the molecule is O=C(NC(=S)NCCSCc1ccsn1)c1ccccc1. The van der Waals surface area contributed by atoms with Crippen LogP contribution in [-0.4, -0.2) is 27.7 Å². The molecule has 0 aliphatic carbocycles. The van der Waals surface area contributed by atoms with Crippen molar-refractivity contribution in [3.8, 4) is 0 Å². The van der Waals surface area contributed by atoms with Crippen LogP contribution in [0.15, 0.2) is 41.8 Å². The Hall–Kier alpha value is -1.44. The summed E-state index contributed by atoms with van der Waals surface area (Å²) in [6.45, 7) is 0.711. The zero-order chi connectivity index (χ0) is 14.9. The number of benzene rings is 1. The molecule has 7 heteroatoms. The van der Waals surface area contributed by atoms with Crippen molar-refractivity contribution in [2.24, 2.45) is 0 Å². The number of carbonyl (C=O) groups is 1. The summed E-state index contributed by atoms with van der Waals surface area (Å²) in [5, 5.41) is 8.02. The number of amides is 1. The number of nitrogens with zero attached hydrogens (tertiary/aromatic N) is 1. The molecule has 21 heavy (non-hydrogen) atoms. The van der Waals surface area contributed by atoms with Gasteiger partial charge >= 0.3 is 0 Å². The van der Waals surface area contributed by atoms with E-state index in [1.807, 2.05) is 29.6 Å². The first-order chi connectivity index (χ1) is 10.3. The number of hydrogen-bond acceptors (Lipinski definition) is 5. The summed E-state index contributed by atoms with van der Waals surface area (Å²) in [6.07, 6.45) is 0. The van der Waals surface area contributed by atoms with Crippen molar-refractivity contribution in [2.45, 2.75) is 5.75 Å². The van der Waals surface area contributed by atoms with E-state index in [0.29, 0.717) is 17.2 Å². The van der Waals surface area contributed by atoms with Gasteiger partial charge in [-0.15, -0.1) is 0 Å². The molecule has 0 unspecified atom stereocenters. The zero-order valence-electron chi connectivity index (χ0n) is 11.2. The van der Waals surface area contributed by atoms with E-state index in [2.05, 4.69) is 15.0 Å². The summed E-state index contributed by atoms with van der Waals surface area (Å²) < 4.78 is 4.24. The van der Waals surface area contributed by atoms with Gasteiger partial charge in [-0.25, -0.2) is 0 Å². The largest absolute Gasteiger partial charge is 0.362 e. The molecule has 0 saturated heterocycles. The molecule has 0 aliphatic rings. The molecule has 1 amide bonds. The van der Waals surface area contributed by atoms with E-state index in [1.165, 1.54) is 11.5 Å². The van der Waals surface area contributed by atoms with E-state index < -0.39 is 0 Å². The number of rotatable bonds is 6. The number of thioether (sulfide) groups is 1. The fourth-order valence-corrected chi connectivity index (χ4v) is 3.11. The second-order valence-electron chi connectivity index (χ2n) is 4.12. The van der Waals surface area contributed by atoms with Gasteiger partial charge in [-0.3, -0.25) is 10.1 Å². The third-order valence-electron chi connectivity index (χ3n) is 2.54. The molecule has 0 bridgehead atoms. The summed E-state index contributed by atoms with van der Waals surface area (Å²) in [5.74, 6) is 1.61. The van der Waals surface area contributed by atoms with E-state index in [4.69, 9.17) is 12.2 Å². The van der Waals surface area contributed by atoms with Crippen molar-refractivity contribution >= 4 is 46.5 Å². The third kappa shape index (κ3) is 5.82. The van der Waals surface area contributed by atoms with Crippen LogP contribution in [0.25, 0.3) is 0 Å². The predicted molar refractivity (Wildman–Crippen MR) is 92.8 cm³/mol. The summed E-state index contributed by atoms with van der Waals surface area (Å²) in [7, 11) is 0. The van der Waals surface area contributed by atoms with Crippen LogP contribution < -0.4 is 10.6 Å². The zero-order valence-corrected chi connectivity index (χ0v) is 13.7.